The molecule has 0 fully saturated rings. The number of carbonyl (C=O) groups excluding carboxylic acids is 1. The smallest absolute Gasteiger partial charge is 0.263 e. The molecule has 0 aliphatic heterocycles. The molecule has 0 atom stereocenters. The molecule has 3 nitrogen and oxygen atoms in total. The average Bonchev–Trinajstić information content (AvgIpc) is 2.20. The molecule has 1 aromatic carbocycles. The van der Waals surface area contributed by atoms with Gasteiger partial charge >= 0.3 is 0 Å². The Balaban J connectivity index is 2.71. The van der Waals surface area contributed by atoms with Gasteiger partial charge in [-0.1, -0.05) is 0 Å². The molecule has 0 aliphatic rings. The summed E-state index contributed by atoms with van der Waals surface area (Å²) in [5.74, 6) is -0.0612. The van der Waals surface area contributed by atoms with Crippen LogP contribution in [0.4, 0.5) is 4.39 Å². The predicted molar refractivity (Wildman–Crippen MR) is 64.4 cm³/mol. The third kappa shape index (κ3) is 4.06. The normalized spacial score (nSPS) is 11.4. The van der Waals surface area contributed by atoms with Crippen LogP contribution >= 0.6 is 0 Å². The van der Waals surface area contributed by atoms with Crippen LogP contribution in [-0.4, -0.2) is 17.6 Å². The molecule has 0 radical (unpaired) electrons. The molecule has 17 heavy (non-hydrogen) atoms. The molecule has 1 amide bonds. The Labute approximate surface area is 101 Å². The van der Waals surface area contributed by atoms with Crippen LogP contribution in [0.25, 0.3) is 0 Å². The number of hydrogen-bond acceptors (Lipinski definition) is 2. The lowest BCUT2D eigenvalue weighted by Crippen LogP contribution is -2.48. The van der Waals surface area contributed by atoms with Gasteiger partial charge in [-0.25, -0.2) is 4.39 Å². The van der Waals surface area contributed by atoms with Gasteiger partial charge in [0, 0.05) is 6.04 Å². The van der Waals surface area contributed by atoms with Gasteiger partial charge in [0.05, 0.1) is 0 Å². The molecule has 94 valence electrons. The molecule has 0 spiro atoms. The van der Waals surface area contributed by atoms with Gasteiger partial charge in [0.25, 0.3) is 5.91 Å². The summed E-state index contributed by atoms with van der Waals surface area (Å²) < 4.78 is 18.3. The van der Waals surface area contributed by atoms with Crippen molar-refractivity contribution in [1.82, 2.24) is 5.32 Å². The van der Waals surface area contributed by atoms with Gasteiger partial charge in [-0.05, 0) is 52.0 Å². The van der Waals surface area contributed by atoms with Crippen molar-refractivity contribution in [3.8, 4) is 5.75 Å². The number of rotatable bonds is 4. The van der Waals surface area contributed by atoms with Crippen LogP contribution in [-0.2, 0) is 4.79 Å². The van der Waals surface area contributed by atoms with Crippen molar-refractivity contribution in [2.24, 2.45) is 0 Å². The van der Waals surface area contributed by atoms with Crippen LogP contribution in [0.2, 0.25) is 0 Å². The summed E-state index contributed by atoms with van der Waals surface area (Å²) in [6, 6.07) is 5.65. The number of carbonyl (C=O) groups is 1. The number of halogens is 1. The average molecular weight is 239 g/mol. The topological polar surface area (TPSA) is 38.3 Å². The van der Waals surface area contributed by atoms with Gasteiger partial charge in [-0.15, -0.1) is 0 Å². The molecular formula is C13H18FNO2. The molecule has 0 saturated carbocycles. The van der Waals surface area contributed by atoms with Crippen molar-refractivity contribution < 1.29 is 13.9 Å². The van der Waals surface area contributed by atoms with E-state index in [1.54, 1.807) is 13.8 Å². The summed E-state index contributed by atoms with van der Waals surface area (Å²) in [6.07, 6.45) is 0. The molecule has 4 heteroatoms. The third-order valence-corrected chi connectivity index (χ3v) is 2.15. The Morgan fingerprint density at radius 2 is 1.82 bits per heavy atom. The molecule has 1 N–H and O–H groups in total. The maximum Gasteiger partial charge on any atom is 0.263 e. The molecule has 0 heterocycles. The molecule has 0 unspecified atom stereocenters. The number of ether oxygens (including phenoxy) is 1. The number of hydrogen-bond donors (Lipinski definition) is 1. The fourth-order valence-corrected chi connectivity index (χ4v) is 1.28. The van der Waals surface area contributed by atoms with Crippen LogP contribution < -0.4 is 10.1 Å². The van der Waals surface area contributed by atoms with Crippen molar-refractivity contribution in [1.29, 1.82) is 0 Å². The zero-order chi connectivity index (χ0) is 13.1. The van der Waals surface area contributed by atoms with Crippen molar-refractivity contribution in [3.05, 3.63) is 30.1 Å². The van der Waals surface area contributed by atoms with E-state index in [2.05, 4.69) is 5.32 Å². The van der Waals surface area contributed by atoms with Gasteiger partial charge in [0.1, 0.15) is 11.6 Å². The van der Waals surface area contributed by atoms with Crippen molar-refractivity contribution in [2.75, 3.05) is 0 Å². The highest BCUT2D eigenvalue weighted by Gasteiger charge is 2.30. The van der Waals surface area contributed by atoms with E-state index in [4.69, 9.17) is 4.74 Å². The summed E-state index contributed by atoms with van der Waals surface area (Å²) in [4.78, 5) is 11.8. The second-order valence-corrected chi connectivity index (χ2v) is 4.69. The lowest BCUT2D eigenvalue weighted by molar-refractivity contribution is -0.134. The summed E-state index contributed by atoms with van der Waals surface area (Å²) in [6.45, 7) is 7.11. The van der Waals surface area contributed by atoms with E-state index >= 15 is 0 Å². The quantitative estimate of drug-likeness (QED) is 0.876. The molecule has 0 aliphatic carbocycles. The fourth-order valence-electron chi connectivity index (χ4n) is 1.28. The SMILES string of the molecule is CC(C)NC(=O)C(C)(C)Oc1ccc(F)cc1. The van der Waals surface area contributed by atoms with E-state index in [1.807, 2.05) is 13.8 Å². The first-order chi connectivity index (χ1) is 7.81. The largest absolute Gasteiger partial charge is 0.478 e. The minimum atomic E-state index is -0.984. The van der Waals surface area contributed by atoms with Crippen LogP contribution in [0.15, 0.2) is 24.3 Å². The molecular weight excluding hydrogens is 221 g/mol. The molecule has 1 rings (SSSR count). The van der Waals surface area contributed by atoms with Gasteiger partial charge < -0.3 is 10.1 Å². The Morgan fingerprint density at radius 1 is 1.29 bits per heavy atom. The van der Waals surface area contributed by atoms with E-state index in [0.29, 0.717) is 5.75 Å². The first kappa shape index (κ1) is 13.5. The lowest BCUT2D eigenvalue weighted by atomic mass is 10.1. The number of amides is 1. The maximum atomic E-state index is 12.7. The minimum Gasteiger partial charge on any atom is -0.478 e. The van der Waals surface area contributed by atoms with E-state index in [1.165, 1.54) is 24.3 Å². The summed E-state index contributed by atoms with van der Waals surface area (Å²) in [5.41, 5.74) is -0.984. The monoisotopic (exact) mass is 239 g/mol. The zero-order valence-electron chi connectivity index (χ0n) is 10.6. The van der Waals surface area contributed by atoms with Gasteiger partial charge in [0.15, 0.2) is 5.60 Å². The fraction of sp³-hybridized carbons (Fsp3) is 0.462. The van der Waals surface area contributed by atoms with E-state index in [-0.39, 0.29) is 17.8 Å². The number of benzene rings is 1. The van der Waals surface area contributed by atoms with E-state index < -0.39 is 5.60 Å². The van der Waals surface area contributed by atoms with Gasteiger partial charge in [-0.2, -0.15) is 0 Å². The first-order valence-corrected chi connectivity index (χ1v) is 5.57. The highest BCUT2D eigenvalue weighted by atomic mass is 19.1. The summed E-state index contributed by atoms with van der Waals surface area (Å²) in [5, 5.41) is 2.78. The Kier molecular flexibility index (Phi) is 4.10. The Hall–Kier alpha value is -1.58. The maximum absolute atomic E-state index is 12.7. The predicted octanol–water partition coefficient (Wildman–Crippen LogP) is 2.51. The first-order valence-electron chi connectivity index (χ1n) is 5.57. The second-order valence-electron chi connectivity index (χ2n) is 4.69. The standard InChI is InChI=1S/C13H18FNO2/c1-9(2)15-12(16)13(3,4)17-11-7-5-10(14)6-8-11/h5-9H,1-4H3,(H,15,16). The molecule has 0 bridgehead atoms. The summed E-state index contributed by atoms with van der Waals surface area (Å²) >= 11 is 0. The van der Waals surface area contributed by atoms with Crippen LogP contribution in [0.1, 0.15) is 27.7 Å². The van der Waals surface area contributed by atoms with Crippen molar-refractivity contribution >= 4 is 5.91 Å². The Bertz CT molecular complexity index is 385. The zero-order valence-corrected chi connectivity index (χ0v) is 10.6. The number of nitrogens with one attached hydrogen (secondary N) is 1. The summed E-state index contributed by atoms with van der Waals surface area (Å²) in [7, 11) is 0. The third-order valence-electron chi connectivity index (χ3n) is 2.15. The second kappa shape index (κ2) is 5.17. The molecule has 1 aromatic rings. The molecule has 0 saturated heterocycles. The highest BCUT2D eigenvalue weighted by molar-refractivity contribution is 5.84. The minimum absolute atomic E-state index is 0.0543. The van der Waals surface area contributed by atoms with E-state index in [9.17, 15) is 9.18 Å². The van der Waals surface area contributed by atoms with Crippen LogP contribution in [0, 0.1) is 5.82 Å². The molecule has 0 aromatic heterocycles. The van der Waals surface area contributed by atoms with Crippen molar-refractivity contribution in [2.45, 2.75) is 39.3 Å². The van der Waals surface area contributed by atoms with Gasteiger partial charge in [0.2, 0.25) is 0 Å². The van der Waals surface area contributed by atoms with Gasteiger partial charge in [-0.3, -0.25) is 4.79 Å². The highest BCUT2D eigenvalue weighted by Crippen LogP contribution is 2.18. The van der Waals surface area contributed by atoms with E-state index in [0.717, 1.165) is 0 Å². The lowest BCUT2D eigenvalue weighted by Gasteiger charge is -2.26. The van der Waals surface area contributed by atoms with Crippen LogP contribution in [0.3, 0.4) is 0 Å². The Morgan fingerprint density at radius 3 is 2.29 bits per heavy atom. The van der Waals surface area contributed by atoms with Crippen molar-refractivity contribution in [3.63, 3.8) is 0 Å². The van der Waals surface area contributed by atoms with Crippen LogP contribution in [0.5, 0.6) is 5.75 Å².